The van der Waals surface area contributed by atoms with Gasteiger partial charge >= 0.3 is 5.69 Å². The van der Waals surface area contributed by atoms with Crippen molar-refractivity contribution in [2.45, 2.75) is 31.7 Å². The molecule has 0 bridgehead atoms. The summed E-state index contributed by atoms with van der Waals surface area (Å²) in [6.45, 7) is 2.48. The first-order valence-corrected chi connectivity index (χ1v) is 9.23. The van der Waals surface area contributed by atoms with Crippen LogP contribution in [-0.4, -0.2) is 59.0 Å². The van der Waals surface area contributed by atoms with Gasteiger partial charge in [0, 0.05) is 31.3 Å². The van der Waals surface area contributed by atoms with Gasteiger partial charge in [0.2, 0.25) is 5.91 Å². The number of rotatable bonds is 5. The first kappa shape index (κ1) is 19.1. The van der Waals surface area contributed by atoms with Gasteiger partial charge < -0.3 is 20.6 Å². The summed E-state index contributed by atoms with van der Waals surface area (Å²) in [6.07, 6.45) is 3.61. The minimum absolute atomic E-state index is 0.0104. The summed E-state index contributed by atoms with van der Waals surface area (Å²) < 4.78 is 0. The Bertz CT molecular complexity index is 732. The number of likely N-dealkylation sites (tertiary alicyclic amines) is 1. The van der Waals surface area contributed by atoms with Crippen LogP contribution in [0.3, 0.4) is 0 Å². The molecule has 2 unspecified atom stereocenters. The predicted molar refractivity (Wildman–Crippen MR) is 97.4 cm³/mol. The Morgan fingerprint density at radius 3 is 2.81 bits per heavy atom. The highest BCUT2D eigenvalue weighted by molar-refractivity contribution is 5.95. The summed E-state index contributed by atoms with van der Waals surface area (Å²) in [4.78, 5) is 36.6. The van der Waals surface area contributed by atoms with Crippen LogP contribution in [0.25, 0.3) is 0 Å². The maximum atomic E-state index is 12.7. The normalized spacial score (nSPS) is 22.4. The number of nitrogens with zero attached hydrogens (tertiary/aromatic N) is 2. The number of nitro benzene ring substituents is 1. The predicted octanol–water partition coefficient (Wildman–Crippen LogP) is 1.02. The van der Waals surface area contributed by atoms with Gasteiger partial charge in [-0.25, -0.2) is 0 Å². The maximum absolute atomic E-state index is 12.7. The van der Waals surface area contributed by atoms with Crippen molar-refractivity contribution in [3.05, 3.63) is 33.9 Å². The van der Waals surface area contributed by atoms with Crippen molar-refractivity contribution < 1.29 is 19.6 Å². The number of nitro groups is 1. The quantitative estimate of drug-likeness (QED) is 0.520. The van der Waals surface area contributed by atoms with Crippen molar-refractivity contribution in [1.82, 2.24) is 15.5 Å². The van der Waals surface area contributed by atoms with Crippen LogP contribution >= 0.6 is 0 Å². The number of aromatic hydroxyl groups is 1. The van der Waals surface area contributed by atoms with Gasteiger partial charge in [0.1, 0.15) is 0 Å². The topological polar surface area (TPSA) is 125 Å². The van der Waals surface area contributed by atoms with Crippen LogP contribution in [0.2, 0.25) is 0 Å². The zero-order valence-corrected chi connectivity index (χ0v) is 15.0. The molecule has 0 saturated carbocycles. The van der Waals surface area contributed by atoms with Crippen molar-refractivity contribution in [2.24, 2.45) is 5.92 Å². The third kappa shape index (κ3) is 4.54. The molecule has 2 saturated heterocycles. The van der Waals surface area contributed by atoms with E-state index < -0.39 is 16.4 Å². The van der Waals surface area contributed by atoms with E-state index >= 15 is 0 Å². The smallest absolute Gasteiger partial charge is 0.310 e. The molecule has 9 nitrogen and oxygen atoms in total. The van der Waals surface area contributed by atoms with Crippen molar-refractivity contribution in [3.63, 3.8) is 0 Å². The summed E-state index contributed by atoms with van der Waals surface area (Å²) in [7, 11) is 0. The van der Waals surface area contributed by atoms with E-state index in [2.05, 4.69) is 10.6 Å². The number of phenols is 1. The number of piperidine rings is 1. The third-order valence-corrected chi connectivity index (χ3v) is 5.17. The molecule has 1 aromatic rings. The molecular formula is C18H24N4O5. The lowest BCUT2D eigenvalue weighted by Gasteiger charge is -2.33. The number of phenolic OH excluding ortho intramolecular Hbond substituents is 1. The number of benzene rings is 1. The van der Waals surface area contributed by atoms with Crippen LogP contribution in [0.5, 0.6) is 5.75 Å². The second-order valence-corrected chi connectivity index (χ2v) is 7.11. The van der Waals surface area contributed by atoms with E-state index in [-0.39, 0.29) is 29.3 Å². The lowest BCUT2D eigenvalue weighted by atomic mass is 9.97. The van der Waals surface area contributed by atoms with E-state index in [4.69, 9.17) is 0 Å². The Hall–Kier alpha value is -2.68. The fraction of sp³-hybridized carbons (Fsp3) is 0.556. The Morgan fingerprint density at radius 2 is 2.15 bits per heavy atom. The van der Waals surface area contributed by atoms with E-state index in [1.165, 1.54) is 6.07 Å². The molecule has 27 heavy (non-hydrogen) atoms. The van der Waals surface area contributed by atoms with E-state index in [1.807, 2.05) is 0 Å². The molecule has 2 heterocycles. The molecule has 2 aliphatic heterocycles. The van der Waals surface area contributed by atoms with E-state index in [0.29, 0.717) is 19.6 Å². The Morgan fingerprint density at radius 1 is 1.33 bits per heavy atom. The van der Waals surface area contributed by atoms with Gasteiger partial charge in [-0.15, -0.1) is 0 Å². The summed E-state index contributed by atoms with van der Waals surface area (Å²) in [6, 6.07) is 3.52. The minimum atomic E-state index is -0.692. The average molecular weight is 376 g/mol. The molecule has 1 aromatic carbocycles. The van der Waals surface area contributed by atoms with Gasteiger partial charge in [-0.05, 0) is 50.3 Å². The SMILES string of the molecule is O=C(NCC1CCCN(C(=O)c2ccc([N+](=O)[O-])c(O)c2)C1)C1CCCN1. The van der Waals surface area contributed by atoms with E-state index in [0.717, 1.165) is 44.4 Å². The van der Waals surface area contributed by atoms with E-state index in [9.17, 15) is 24.8 Å². The number of hydrogen-bond donors (Lipinski definition) is 3. The minimum Gasteiger partial charge on any atom is -0.502 e. The number of carbonyl (C=O) groups excluding carboxylic acids is 2. The monoisotopic (exact) mass is 376 g/mol. The van der Waals surface area contributed by atoms with Crippen LogP contribution in [0.15, 0.2) is 18.2 Å². The molecule has 0 spiro atoms. The first-order chi connectivity index (χ1) is 13.0. The van der Waals surface area contributed by atoms with Gasteiger partial charge in [0.25, 0.3) is 5.91 Å². The van der Waals surface area contributed by atoms with Crippen molar-refractivity contribution >= 4 is 17.5 Å². The van der Waals surface area contributed by atoms with Crippen LogP contribution < -0.4 is 10.6 Å². The van der Waals surface area contributed by atoms with Gasteiger partial charge in [-0.1, -0.05) is 0 Å². The highest BCUT2D eigenvalue weighted by Crippen LogP contribution is 2.27. The molecule has 146 valence electrons. The molecular weight excluding hydrogens is 352 g/mol. The largest absolute Gasteiger partial charge is 0.502 e. The lowest BCUT2D eigenvalue weighted by Crippen LogP contribution is -2.46. The molecule has 3 N–H and O–H groups in total. The summed E-state index contributed by atoms with van der Waals surface area (Å²) in [5.74, 6) is -0.611. The average Bonchev–Trinajstić information content (AvgIpc) is 3.20. The zero-order chi connectivity index (χ0) is 19.4. The van der Waals surface area contributed by atoms with Crippen molar-refractivity contribution in [2.75, 3.05) is 26.2 Å². The second kappa shape index (κ2) is 8.34. The molecule has 2 atom stereocenters. The van der Waals surface area contributed by atoms with E-state index in [1.54, 1.807) is 4.90 Å². The maximum Gasteiger partial charge on any atom is 0.310 e. The second-order valence-electron chi connectivity index (χ2n) is 7.11. The number of amides is 2. The fourth-order valence-corrected chi connectivity index (χ4v) is 3.69. The van der Waals surface area contributed by atoms with Crippen LogP contribution in [0, 0.1) is 16.0 Å². The molecule has 2 aliphatic rings. The third-order valence-electron chi connectivity index (χ3n) is 5.17. The highest BCUT2D eigenvalue weighted by Gasteiger charge is 2.27. The summed E-state index contributed by atoms with van der Waals surface area (Å²) in [5.41, 5.74) is -0.204. The van der Waals surface area contributed by atoms with Gasteiger partial charge in [-0.3, -0.25) is 19.7 Å². The number of carbonyl (C=O) groups is 2. The lowest BCUT2D eigenvalue weighted by molar-refractivity contribution is -0.385. The Kier molecular flexibility index (Phi) is 5.90. The summed E-state index contributed by atoms with van der Waals surface area (Å²) in [5, 5.41) is 26.7. The molecule has 9 heteroatoms. The summed E-state index contributed by atoms with van der Waals surface area (Å²) >= 11 is 0. The first-order valence-electron chi connectivity index (χ1n) is 9.23. The Labute approximate surface area is 156 Å². The molecule has 2 amide bonds. The zero-order valence-electron chi connectivity index (χ0n) is 15.0. The molecule has 0 radical (unpaired) electrons. The van der Waals surface area contributed by atoms with Gasteiger partial charge in [-0.2, -0.15) is 0 Å². The van der Waals surface area contributed by atoms with Crippen LogP contribution in [0.1, 0.15) is 36.0 Å². The highest BCUT2D eigenvalue weighted by atomic mass is 16.6. The fourth-order valence-electron chi connectivity index (χ4n) is 3.69. The molecule has 0 aliphatic carbocycles. The number of hydrogen-bond acceptors (Lipinski definition) is 6. The Balaban J connectivity index is 1.57. The van der Waals surface area contributed by atoms with Crippen LogP contribution in [0.4, 0.5) is 5.69 Å². The molecule has 2 fully saturated rings. The van der Waals surface area contributed by atoms with Crippen molar-refractivity contribution in [1.29, 1.82) is 0 Å². The molecule has 0 aromatic heterocycles. The number of nitrogens with one attached hydrogen (secondary N) is 2. The van der Waals surface area contributed by atoms with Crippen molar-refractivity contribution in [3.8, 4) is 5.75 Å². The van der Waals surface area contributed by atoms with Gasteiger partial charge in [0.15, 0.2) is 5.75 Å². The van der Waals surface area contributed by atoms with Gasteiger partial charge in [0.05, 0.1) is 11.0 Å². The molecule has 3 rings (SSSR count). The standard InChI is InChI=1S/C18H24N4O5/c23-16-9-13(5-6-15(16)22(26)27)18(25)21-8-2-3-12(11-21)10-20-17(24)14-4-1-7-19-14/h5-6,9,12,14,19,23H,1-4,7-8,10-11H2,(H,20,24). The van der Waals surface area contributed by atoms with Crippen LogP contribution in [-0.2, 0) is 4.79 Å².